The van der Waals surface area contributed by atoms with Crippen LogP contribution in [0.15, 0.2) is 40.5 Å². The summed E-state index contributed by atoms with van der Waals surface area (Å²) in [6.45, 7) is 3.68. The number of carbonyl (C=O) groups excluding carboxylic acids is 1. The van der Waals surface area contributed by atoms with Gasteiger partial charge in [0.1, 0.15) is 17.0 Å². The number of anilines is 2. The standard InChI is InChI=1S/C18H21ClN4O2S/c1-2-25-18(24)12-7-9-23(10-8-12)16-15(20)17(22-11-21-16)26-14-5-3-13(19)4-6-14/h3-6,11-12H,2,7-10,20H2,1H3. The second kappa shape index (κ2) is 8.60. The molecule has 0 unspecified atom stereocenters. The summed E-state index contributed by atoms with van der Waals surface area (Å²) in [4.78, 5) is 23.7. The highest BCUT2D eigenvalue weighted by Crippen LogP contribution is 2.36. The molecule has 1 aliphatic rings. The number of hydrogen-bond acceptors (Lipinski definition) is 7. The maximum absolute atomic E-state index is 11.9. The Morgan fingerprint density at radius 1 is 1.31 bits per heavy atom. The first kappa shape index (κ1) is 18.8. The number of nitrogens with two attached hydrogens (primary N) is 1. The summed E-state index contributed by atoms with van der Waals surface area (Å²) in [6.07, 6.45) is 3.01. The Bertz CT molecular complexity index is 764. The van der Waals surface area contributed by atoms with Crippen LogP contribution >= 0.6 is 23.4 Å². The van der Waals surface area contributed by atoms with Crippen LogP contribution in [0.1, 0.15) is 19.8 Å². The number of hydrogen-bond donors (Lipinski definition) is 1. The summed E-state index contributed by atoms with van der Waals surface area (Å²) < 4.78 is 5.12. The van der Waals surface area contributed by atoms with Crippen molar-refractivity contribution in [2.24, 2.45) is 5.92 Å². The van der Waals surface area contributed by atoms with E-state index in [1.54, 1.807) is 0 Å². The Kier molecular flexibility index (Phi) is 6.21. The van der Waals surface area contributed by atoms with Crippen LogP contribution in [0.3, 0.4) is 0 Å². The van der Waals surface area contributed by atoms with Gasteiger partial charge >= 0.3 is 5.97 Å². The van der Waals surface area contributed by atoms with E-state index in [2.05, 4.69) is 14.9 Å². The Morgan fingerprint density at radius 2 is 2.00 bits per heavy atom. The molecule has 2 N–H and O–H groups in total. The van der Waals surface area contributed by atoms with E-state index in [-0.39, 0.29) is 11.9 Å². The molecule has 0 atom stereocenters. The zero-order valence-corrected chi connectivity index (χ0v) is 16.1. The molecular weight excluding hydrogens is 372 g/mol. The third kappa shape index (κ3) is 4.40. The molecule has 0 aliphatic carbocycles. The van der Waals surface area contributed by atoms with Crippen molar-refractivity contribution in [1.29, 1.82) is 0 Å². The lowest BCUT2D eigenvalue weighted by atomic mass is 9.97. The summed E-state index contributed by atoms with van der Waals surface area (Å²) in [5, 5.41) is 1.40. The number of aromatic nitrogens is 2. The normalized spacial score (nSPS) is 15.1. The van der Waals surface area contributed by atoms with Crippen molar-refractivity contribution in [3.63, 3.8) is 0 Å². The molecule has 26 heavy (non-hydrogen) atoms. The molecule has 1 aliphatic heterocycles. The third-order valence-electron chi connectivity index (χ3n) is 4.27. The van der Waals surface area contributed by atoms with Gasteiger partial charge in [0, 0.05) is 23.0 Å². The fourth-order valence-corrected chi connectivity index (χ4v) is 3.83. The second-order valence-corrected chi connectivity index (χ2v) is 7.48. The van der Waals surface area contributed by atoms with E-state index in [0.29, 0.717) is 22.3 Å². The van der Waals surface area contributed by atoms with Crippen LogP contribution in [0.2, 0.25) is 5.02 Å². The Morgan fingerprint density at radius 3 is 2.65 bits per heavy atom. The Labute approximate surface area is 162 Å². The molecule has 0 radical (unpaired) electrons. The Balaban J connectivity index is 1.70. The molecular formula is C18H21ClN4O2S. The van der Waals surface area contributed by atoms with E-state index in [1.807, 2.05) is 31.2 Å². The first-order valence-electron chi connectivity index (χ1n) is 8.54. The molecule has 0 spiro atoms. The van der Waals surface area contributed by atoms with Gasteiger partial charge in [-0.25, -0.2) is 9.97 Å². The Hall–Kier alpha value is -1.99. The average molecular weight is 393 g/mol. The van der Waals surface area contributed by atoms with Crippen molar-refractivity contribution in [3.05, 3.63) is 35.6 Å². The van der Waals surface area contributed by atoms with Crippen LogP contribution in [-0.2, 0) is 9.53 Å². The molecule has 3 rings (SSSR count). The third-order valence-corrected chi connectivity index (χ3v) is 5.55. The lowest BCUT2D eigenvalue weighted by molar-refractivity contribution is -0.148. The lowest BCUT2D eigenvalue weighted by Gasteiger charge is -2.32. The molecule has 2 heterocycles. The average Bonchev–Trinajstić information content (AvgIpc) is 2.66. The molecule has 8 heteroatoms. The van der Waals surface area contributed by atoms with Gasteiger partial charge in [-0.2, -0.15) is 0 Å². The number of nitrogens with zero attached hydrogens (tertiary/aromatic N) is 3. The monoisotopic (exact) mass is 392 g/mol. The van der Waals surface area contributed by atoms with Crippen molar-refractivity contribution in [2.75, 3.05) is 30.3 Å². The second-order valence-electron chi connectivity index (χ2n) is 5.99. The topological polar surface area (TPSA) is 81.3 Å². The highest BCUT2D eigenvalue weighted by atomic mass is 35.5. The molecule has 0 bridgehead atoms. The van der Waals surface area contributed by atoms with Gasteiger partial charge < -0.3 is 15.4 Å². The number of ether oxygens (including phenoxy) is 1. The highest BCUT2D eigenvalue weighted by molar-refractivity contribution is 7.99. The van der Waals surface area contributed by atoms with E-state index >= 15 is 0 Å². The van der Waals surface area contributed by atoms with Gasteiger partial charge in [0.15, 0.2) is 5.82 Å². The summed E-state index contributed by atoms with van der Waals surface area (Å²) in [6, 6.07) is 7.53. The van der Waals surface area contributed by atoms with Crippen molar-refractivity contribution in [2.45, 2.75) is 29.7 Å². The number of halogens is 1. The van der Waals surface area contributed by atoms with E-state index in [9.17, 15) is 4.79 Å². The van der Waals surface area contributed by atoms with Crippen LogP contribution in [0.5, 0.6) is 0 Å². The maximum Gasteiger partial charge on any atom is 0.309 e. The predicted octanol–water partition coefficient (Wildman–Crippen LogP) is 3.64. The van der Waals surface area contributed by atoms with Gasteiger partial charge in [-0.05, 0) is 44.0 Å². The number of esters is 1. The molecule has 138 valence electrons. The highest BCUT2D eigenvalue weighted by Gasteiger charge is 2.28. The van der Waals surface area contributed by atoms with Crippen LogP contribution in [0, 0.1) is 5.92 Å². The molecule has 1 fully saturated rings. The van der Waals surface area contributed by atoms with Crippen molar-refractivity contribution in [3.8, 4) is 0 Å². The molecule has 0 saturated carbocycles. The van der Waals surface area contributed by atoms with Gasteiger partial charge in [-0.15, -0.1) is 0 Å². The zero-order chi connectivity index (χ0) is 18.5. The van der Waals surface area contributed by atoms with Crippen molar-refractivity contribution < 1.29 is 9.53 Å². The maximum atomic E-state index is 11.9. The van der Waals surface area contributed by atoms with Crippen molar-refractivity contribution in [1.82, 2.24) is 9.97 Å². The number of piperidine rings is 1. The minimum atomic E-state index is -0.109. The summed E-state index contributed by atoms with van der Waals surface area (Å²) in [7, 11) is 0. The molecule has 6 nitrogen and oxygen atoms in total. The van der Waals surface area contributed by atoms with Gasteiger partial charge in [0.05, 0.1) is 12.5 Å². The van der Waals surface area contributed by atoms with Gasteiger partial charge in [-0.1, -0.05) is 23.4 Å². The van der Waals surface area contributed by atoms with Crippen molar-refractivity contribution >= 4 is 40.8 Å². The first-order valence-corrected chi connectivity index (χ1v) is 9.73. The molecule has 1 aromatic carbocycles. The largest absolute Gasteiger partial charge is 0.466 e. The van der Waals surface area contributed by atoms with Gasteiger partial charge in [0.25, 0.3) is 0 Å². The predicted molar refractivity (Wildman–Crippen MR) is 104 cm³/mol. The van der Waals surface area contributed by atoms with Crippen LogP contribution in [0.4, 0.5) is 11.5 Å². The van der Waals surface area contributed by atoms with E-state index in [0.717, 1.165) is 36.6 Å². The number of benzene rings is 1. The van der Waals surface area contributed by atoms with Gasteiger partial charge in [-0.3, -0.25) is 4.79 Å². The number of rotatable bonds is 5. The summed E-state index contributed by atoms with van der Waals surface area (Å²) in [5.41, 5.74) is 6.89. The van der Waals surface area contributed by atoms with Crippen LogP contribution < -0.4 is 10.6 Å². The number of carbonyl (C=O) groups is 1. The lowest BCUT2D eigenvalue weighted by Crippen LogP contribution is -2.37. The smallest absolute Gasteiger partial charge is 0.309 e. The molecule has 2 aromatic rings. The van der Waals surface area contributed by atoms with Crippen LogP contribution in [-0.4, -0.2) is 35.6 Å². The summed E-state index contributed by atoms with van der Waals surface area (Å²) in [5.74, 6) is 0.567. The minimum absolute atomic E-state index is 0.0443. The van der Waals surface area contributed by atoms with E-state index in [1.165, 1.54) is 18.1 Å². The molecule has 0 amide bonds. The SMILES string of the molecule is CCOC(=O)C1CCN(c2ncnc(Sc3ccc(Cl)cc3)c2N)CC1. The first-order chi connectivity index (χ1) is 12.6. The fraction of sp³-hybridized carbons (Fsp3) is 0.389. The quantitative estimate of drug-likeness (QED) is 0.614. The molecule has 1 saturated heterocycles. The zero-order valence-electron chi connectivity index (χ0n) is 14.5. The summed E-state index contributed by atoms with van der Waals surface area (Å²) >= 11 is 7.40. The van der Waals surface area contributed by atoms with E-state index < -0.39 is 0 Å². The fourth-order valence-electron chi connectivity index (χ4n) is 2.91. The van der Waals surface area contributed by atoms with Crippen LogP contribution in [0.25, 0.3) is 0 Å². The number of nitrogen functional groups attached to an aromatic ring is 1. The minimum Gasteiger partial charge on any atom is -0.466 e. The van der Waals surface area contributed by atoms with E-state index in [4.69, 9.17) is 22.1 Å². The van der Waals surface area contributed by atoms with Gasteiger partial charge in [0.2, 0.25) is 0 Å². The molecule has 1 aromatic heterocycles.